The van der Waals surface area contributed by atoms with Gasteiger partial charge in [0.1, 0.15) is 5.82 Å². The standard InChI is InChI=1S/C21H24FN3O3/c1-14(17-5-3-6-19(13-17)25-15(2)26)24-20(27)7-4-12-23-21(28)16-8-10-18(22)11-9-16/h3,5-6,8-11,13-14H,4,7,12H2,1-2H3,(H,23,28)(H,24,27)(H,25,26). The molecule has 0 aromatic heterocycles. The van der Waals surface area contributed by atoms with Gasteiger partial charge in [0.25, 0.3) is 5.91 Å². The highest BCUT2D eigenvalue weighted by atomic mass is 19.1. The Morgan fingerprint density at radius 2 is 1.79 bits per heavy atom. The van der Waals surface area contributed by atoms with Crippen LogP contribution in [0.4, 0.5) is 10.1 Å². The van der Waals surface area contributed by atoms with Crippen molar-refractivity contribution < 1.29 is 18.8 Å². The fourth-order valence-electron chi connectivity index (χ4n) is 2.64. The summed E-state index contributed by atoms with van der Waals surface area (Å²) in [5, 5.41) is 8.31. The number of hydrogen-bond donors (Lipinski definition) is 3. The summed E-state index contributed by atoms with van der Waals surface area (Å²) in [5.74, 6) is -0.988. The molecule has 2 aromatic carbocycles. The Morgan fingerprint density at radius 3 is 2.46 bits per heavy atom. The Labute approximate surface area is 163 Å². The van der Waals surface area contributed by atoms with Gasteiger partial charge >= 0.3 is 0 Å². The lowest BCUT2D eigenvalue weighted by Crippen LogP contribution is -2.29. The first-order valence-electron chi connectivity index (χ1n) is 9.06. The normalized spacial score (nSPS) is 11.4. The number of carbonyl (C=O) groups is 3. The average molecular weight is 385 g/mol. The van der Waals surface area contributed by atoms with Crippen LogP contribution in [0.25, 0.3) is 0 Å². The number of hydrogen-bond acceptors (Lipinski definition) is 3. The van der Waals surface area contributed by atoms with E-state index in [4.69, 9.17) is 0 Å². The lowest BCUT2D eigenvalue weighted by molar-refractivity contribution is -0.121. The lowest BCUT2D eigenvalue weighted by atomic mass is 10.1. The first-order chi connectivity index (χ1) is 13.3. The molecule has 148 valence electrons. The zero-order valence-corrected chi connectivity index (χ0v) is 15.9. The van der Waals surface area contributed by atoms with Crippen LogP contribution in [-0.2, 0) is 9.59 Å². The van der Waals surface area contributed by atoms with E-state index in [0.717, 1.165) is 5.56 Å². The molecule has 1 atom stereocenters. The van der Waals surface area contributed by atoms with Crippen LogP contribution in [-0.4, -0.2) is 24.3 Å². The Kier molecular flexibility index (Phi) is 7.68. The Morgan fingerprint density at radius 1 is 1.07 bits per heavy atom. The first-order valence-corrected chi connectivity index (χ1v) is 9.06. The maximum absolute atomic E-state index is 12.9. The fraction of sp³-hybridized carbons (Fsp3) is 0.286. The van der Waals surface area contributed by atoms with Crippen molar-refractivity contribution in [3.8, 4) is 0 Å². The molecule has 1 unspecified atom stereocenters. The van der Waals surface area contributed by atoms with Crippen LogP contribution in [0.1, 0.15) is 48.7 Å². The predicted octanol–water partition coefficient (Wildman–Crippen LogP) is 3.17. The molecular formula is C21H24FN3O3. The van der Waals surface area contributed by atoms with Crippen molar-refractivity contribution in [2.24, 2.45) is 0 Å². The minimum atomic E-state index is -0.398. The summed E-state index contributed by atoms with van der Waals surface area (Å²) < 4.78 is 12.9. The molecule has 0 fully saturated rings. The van der Waals surface area contributed by atoms with Crippen molar-refractivity contribution in [1.29, 1.82) is 0 Å². The van der Waals surface area contributed by atoms with E-state index in [1.165, 1.54) is 31.2 Å². The molecule has 0 radical (unpaired) electrons. The summed E-state index contributed by atoms with van der Waals surface area (Å²) in [6.07, 6.45) is 0.747. The quantitative estimate of drug-likeness (QED) is 0.610. The zero-order valence-electron chi connectivity index (χ0n) is 15.9. The summed E-state index contributed by atoms with van der Waals surface area (Å²) in [6.45, 7) is 3.64. The van der Waals surface area contributed by atoms with Gasteiger partial charge in [0.2, 0.25) is 11.8 Å². The van der Waals surface area contributed by atoms with Crippen molar-refractivity contribution in [3.05, 3.63) is 65.5 Å². The molecule has 0 aliphatic rings. The minimum Gasteiger partial charge on any atom is -0.352 e. The molecule has 0 aliphatic heterocycles. The number of benzene rings is 2. The smallest absolute Gasteiger partial charge is 0.251 e. The summed E-state index contributed by atoms with van der Waals surface area (Å²) >= 11 is 0. The van der Waals surface area contributed by atoms with Gasteiger partial charge in [-0.2, -0.15) is 0 Å². The molecule has 0 saturated carbocycles. The van der Waals surface area contributed by atoms with Gasteiger partial charge in [-0.25, -0.2) is 4.39 Å². The molecule has 2 rings (SSSR count). The number of rotatable bonds is 8. The monoisotopic (exact) mass is 385 g/mol. The number of anilines is 1. The lowest BCUT2D eigenvalue weighted by Gasteiger charge is -2.15. The zero-order chi connectivity index (χ0) is 20.5. The van der Waals surface area contributed by atoms with E-state index in [1.54, 1.807) is 6.07 Å². The van der Waals surface area contributed by atoms with Crippen LogP contribution < -0.4 is 16.0 Å². The van der Waals surface area contributed by atoms with Crippen LogP contribution in [0.5, 0.6) is 0 Å². The Hall–Kier alpha value is -3.22. The molecule has 0 saturated heterocycles. The SMILES string of the molecule is CC(=O)Nc1cccc(C(C)NC(=O)CCCNC(=O)c2ccc(F)cc2)c1. The molecule has 0 heterocycles. The van der Waals surface area contributed by atoms with E-state index >= 15 is 0 Å². The van der Waals surface area contributed by atoms with E-state index in [1.807, 2.05) is 25.1 Å². The van der Waals surface area contributed by atoms with Crippen LogP contribution >= 0.6 is 0 Å². The fourth-order valence-corrected chi connectivity index (χ4v) is 2.64. The van der Waals surface area contributed by atoms with Crippen LogP contribution in [0.2, 0.25) is 0 Å². The summed E-state index contributed by atoms with van der Waals surface area (Å²) in [6, 6.07) is 12.3. The molecule has 28 heavy (non-hydrogen) atoms. The van der Waals surface area contributed by atoms with Gasteiger partial charge in [0.15, 0.2) is 0 Å². The van der Waals surface area contributed by atoms with Crippen molar-refractivity contribution in [2.45, 2.75) is 32.7 Å². The number of amides is 3. The third kappa shape index (κ3) is 6.83. The summed E-state index contributed by atoms with van der Waals surface area (Å²) in [5.41, 5.74) is 1.93. The number of halogens is 1. The van der Waals surface area contributed by atoms with Gasteiger partial charge in [-0.1, -0.05) is 12.1 Å². The molecule has 0 spiro atoms. The second-order valence-corrected chi connectivity index (χ2v) is 6.46. The van der Waals surface area contributed by atoms with Crippen LogP contribution in [0, 0.1) is 5.82 Å². The van der Waals surface area contributed by atoms with Gasteiger partial charge < -0.3 is 16.0 Å². The molecule has 0 aliphatic carbocycles. The minimum absolute atomic E-state index is 0.131. The van der Waals surface area contributed by atoms with Crippen LogP contribution in [0.15, 0.2) is 48.5 Å². The largest absolute Gasteiger partial charge is 0.352 e. The first kappa shape index (κ1) is 21.1. The van der Waals surface area contributed by atoms with E-state index < -0.39 is 5.82 Å². The maximum Gasteiger partial charge on any atom is 0.251 e. The molecular weight excluding hydrogens is 361 g/mol. The number of nitrogens with one attached hydrogen (secondary N) is 3. The second kappa shape index (κ2) is 10.2. The molecule has 7 heteroatoms. The molecule has 6 nitrogen and oxygen atoms in total. The van der Waals surface area contributed by atoms with Gasteiger partial charge in [-0.3, -0.25) is 14.4 Å². The number of carbonyl (C=O) groups excluding carboxylic acids is 3. The van der Waals surface area contributed by atoms with Gasteiger partial charge in [-0.15, -0.1) is 0 Å². The van der Waals surface area contributed by atoms with E-state index in [-0.39, 0.29) is 30.2 Å². The third-order valence-electron chi connectivity index (χ3n) is 4.06. The topological polar surface area (TPSA) is 87.3 Å². The third-order valence-corrected chi connectivity index (χ3v) is 4.06. The van der Waals surface area contributed by atoms with Gasteiger partial charge in [0.05, 0.1) is 6.04 Å². The molecule has 0 bridgehead atoms. The van der Waals surface area contributed by atoms with Crippen molar-refractivity contribution in [3.63, 3.8) is 0 Å². The molecule has 3 amide bonds. The second-order valence-electron chi connectivity index (χ2n) is 6.46. The summed E-state index contributed by atoms with van der Waals surface area (Å²) in [4.78, 5) is 35.2. The Balaban J connectivity index is 1.74. The van der Waals surface area contributed by atoms with Gasteiger partial charge in [0, 0.05) is 31.1 Å². The van der Waals surface area contributed by atoms with Crippen LogP contribution in [0.3, 0.4) is 0 Å². The summed E-state index contributed by atoms with van der Waals surface area (Å²) in [7, 11) is 0. The van der Waals surface area contributed by atoms with E-state index in [0.29, 0.717) is 24.2 Å². The molecule has 2 aromatic rings. The van der Waals surface area contributed by atoms with Crippen molar-refractivity contribution in [1.82, 2.24) is 10.6 Å². The van der Waals surface area contributed by atoms with E-state index in [2.05, 4.69) is 16.0 Å². The highest BCUT2D eigenvalue weighted by molar-refractivity contribution is 5.94. The maximum atomic E-state index is 12.9. The molecule has 3 N–H and O–H groups in total. The van der Waals surface area contributed by atoms with Gasteiger partial charge in [-0.05, 0) is 55.3 Å². The average Bonchev–Trinajstić information content (AvgIpc) is 2.65. The highest BCUT2D eigenvalue weighted by Gasteiger charge is 2.11. The highest BCUT2D eigenvalue weighted by Crippen LogP contribution is 2.17. The van der Waals surface area contributed by atoms with Crippen molar-refractivity contribution in [2.75, 3.05) is 11.9 Å². The van der Waals surface area contributed by atoms with E-state index in [9.17, 15) is 18.8 Å². The predicted molar refractivity (Wildman–Crippen MR) is 105 cm³/mol. The van der Waals surface area contributed by atoms with Crippen molar-refractivity contribution >= 4 is 23.4 Å². The Bertz CT molecular complexity index is 837.